The Hall–Kier alpha value is -2.42. The van der Waals surface area contributed by atoms with Crippen molar-refractivity contribution in [2.75, 3.05) is 0 Å². The summed E-state index contributed by atoms with van der Waals surface area (Å²) < 4.78 is 0. The largest absolute Gasteiger partial charge is 0.478 e. The summed E-state index contributed by atoms with van der Waals surface area (Å²) in [6.07, 6.45) is 6.88. The summed E-state index contributed by atoms with van der Waals surface area (Å²) in [5.74, 6) is -0.965. The van der Waals surface area contributed by atoms with Crippen LogP contribution in [0.3, 0.4) is 0 Å². The van der Waals surface area contributed by atoms with Crippen molar-refractivity contribution in [2.24, 2.45) is 0 Å². The molecule has 0 atom stereocenters. The summed E-state index contributed by atoms with van der Waals surface area (Å²) in [4.78, 5) is 15.2. The summed E-state index contributed by atoms with van der Waals surface area (Å²) >= 11 is 0. The molecule has 1 aliphatic carbocycles. The Morgan fingerprint density at radius 2 is 1.52 bits per heavy atom. The van der Waals surface area contributed by atoms with Crippen molar-refractivity contribution in [1.29, 1.82) is 0 Å². The maximum Gasteiger partial charge on any atom is 0.328 e. The first-order valence-corrected chi connectivity index (χ1v) is 9.55. The van der Waals surface area contributed by atoms with Gasteiger partial charge in [-0.05, 0) is 83.0 Å². The minimum absolute atomic E-state index is 0.153. The van der Waals surface area contributed by atoms with Crippen molar-refractivity contribution in [3.8, 4) is 11.1 Å². The number of rotatable bonds is 3. The van der Waals surface area contributed by atoms with Gasteiger partial charge in [-0.2, -0.15) is 0 Å². The molecule has 2 aromatic rings. The van der Waals surface area contributed by atoms with Gasteiger partial charge in [0.25, 0.3) is 0 Å². The molecule has 1 aliphatic rings. The minimum Gasteiger partial charge on any atom is -0.478 e. The van der Waals surface area contributed by atoms with Crippen LogP contribution in [0.15, 0.2) is 30.5 Å². The van der Waals surface area contributed by atoms with Crippen molar-refractivity contribution in [1.82, 2.24) is 4.98 Å². The average molecular weight is 364 g/mol. The van der Waals surface area contributed by atoms with Crippen LogP contribution in [-0.4, -0.2) is 16.1 Å². The fraction of sp³-hybridized carbons (Fsp3) is 0.417. The number of aromatic nitrogens is 1. The third kappa shape index (κ3) is 3.69. The first-order valence-electron chi connectivity index (χ1n) is 9.55. The number of benzene rings is 1. The highest BCUT2D eigenvalue weighted by Gasteiger charge is 2.37. The van der Waals surface area contributed by atoms with Gasteiger partial charge in [0.05, 0.1) is 5.69 Å². The Labute approximate surface area is 162 Å². The van der Waals surface area contributed by atoms with Crippen LogP contribution in [0.5, 0.6) is 0 Å². The topological polar surface area (TPSA) is 50.2 Å². The molecule has 0 saturated heterocycles. The molecule has 0 fully saturated rings. The molecule has 3 heteroatoms. The number of hydrogen-bond donors (Lipinski definition) is 1. The minimum atomic E-state index is -0.965. The van der Waals surface area contributed by atoms with Gasteiger partial charge in [0.1, 0.15) is 0 Å². The van der Waals surface area contributed by atoms with Crippen LogP contribution in [0, 0.1) is 13.8 Å². The lowest BCUT2D eigenvalue weighted by atomic mass is 9.62. The molecule has 142 valence electrons. The van der Waals surface area contributed by atoms with Crippen LogP contribution in [-0.2, 0) is 15.6 Å². The molecular weight excluding hydrogens is 334 g/mol. The van der Waals surface area contributed by atoms with Crippen molar-refractivity contribution in [2.45, 2.75) is 65.2 Å². The Morgan fingerprint density at radius 1 is 0.963 bits per heavy atom. The van der Waals surface area contributed by atoms with E-state index in [1.54, 1.807) is 6.08 Å². The number of pyridine rings is 1. The Bertz CT molecular complexity index is 936. The third-order valence-corrected chi connectivity index (χ3v) is 6.01. The zero-order valence-corrected chi connectivity index (χ0v) is 17.2. The van der Waals surface area contributed by atoms with Gasteiger partial charge in [0.2, 0.25) is 0 Å². The maximum atomic E-state index is 10.8. The van der Waals surface area contributed by atoms with E-state index in [9.17, 15) is 4.79 Å². The Balaban J connectivity index is 2.19. The zero-order chi connectivity index (χ0) is 20.0. The van der Waals surface area contributed by atoms with Crippen molar-refractivity contribution >= 4 is 12.0 Å². The summed E-state index contributed by atoms with van der Waals surface area (Å²) in [6, 6.07) is 6.71. The standard InChI is InChI=1S/C24H29NO2/c1-15-11-20-21(24(5,6)10-9-23(20,3)4)13-19(15)18-12-17(7-8-22(26)27)25-14-16(18)2/h7-8,11-14H,9-10H2,1-6H3,(H,26,27)/b8-7+. The predicted molar refractivity (Wildman–Crippen MR) is 111 cm³/mol. The molecule has 27 heavy (non-hydrogen) atoms. The number of aryl methyl sites for hydroxylation is 2. The van der Waals surface area contributed by atoms with Gasteiger partial charge >= 0.3 is 5.97 Å². The van der Waals surface area contributed by atoms with Crippen molar-refractivity contribution < 1.29 is 9.90 Å². The first-order chi connectivity index (χ1) is 12.5. The first kappa shape index (κ1) is 19.3. The normalized spacial score (nSPS) is 17.7. The highest BCUT2D eigenvalue weighted by molar-refractivity contribution is 5.85. The number of fused-ring (bicyclic) bond motifs is 1. The highest BCUT2D eigenvalue weighted by Crippen LogP contribution is 2.47. The lowest BCUT2D eigenvalue weighted by Gasteiger charge is -2.42. The van der Waals surface area contributed by atoms with Crippen LogP contribution in [0.1, 0.15) is 68.5 Å². The Morgan fingerprint density at radius 3 is 2.11 bits per heavy atom. The molecule has 1 aromatic heterocycles. The van der Waals surface area contributed by atoms with Gasteiger partial charge in [-0.3, -0.25) is 4.98 Å². The van der Waals surface area contributed by atoms with Gasteiger partial charge in [-0.15, -0.1) is 0 Å². The molecule has 0 spiro atoms. The molecule has 3 nitrogen and oxygen atoms in total. The number of carboxylic acid groups (broad SMARTS) is 1. The average Bonchev–Trinajstić information content (AvgIpc) is 2.58. The second kappa shape index (κ2) is 6.63. The van der Waals surface area contributed by atoms with E-state index in [-0.39, 0.29) is 10.8 Å². The lowest BCUT2D eigenvalue weighted by molar-refractivity contribution is -0.131. The summed E-state index contributed by atoms with van der Waals surface area (Å²) in [7, 11) is 0. The van der Waals surface area contributed by atoms with E-state index in [0.717, 1.165) is 17.2 Å². The number of aliphatic carboxylic acids is 1. The molecular formula is C24H29NO2. The second-order valence-electron chi connectivity index (χ2n) is 9.08. The predicted octanol–water partition coefficient (Wildman–Crippen LogP) is 5.81. The molecule has 1 heterocycles. The van der Waals surface area contributed by atoms with E-state index in [1.165, 1.54) is 35.1 Å². The van der Waals surface area contributed by atoms with E-state index >= 15 is 0 Å². The number of nitrogens with zero attached hydrogens (tertiary/aromatic N) is 1. The van der Waals surface area contributed by atoms with E-state index < -0.39 is 5.97 Å². The van der Waals surface area contributed by atoms with Crippen molar-refractivity contribution in [3.63, 3.8) is 0 Å². The molecule has 0 aliphatic heterocycles. The number of carbonyl (C=O) groups is 1. The van der Waals surface area contributed by atoms with Crippen LogP contribution in [0.2, 0.25) is 0 Å². The molecule has 1 N–H and O–H groups in total. The lowest BCUT2D eigenvalue weighted by Crippen LogP contribution is -2.34. The summed E-state index contributed by atoms with van der Waals surface area (Å²) in [6.45, 7) is 13.6. The van der Waals surface area contributed by atoms with Crippen LogP contribution in [0.4, 0.5) is 0 Å². The molecule has 0 unspecified atom stereocenters. The molecule has 0 amide bonds. The fourth-order valence-corrected chi connectivity index (χ4v) is 4.09. The van der Waals surface area contributed by atoms with E-state index in [2.05, 4.69) is 58.7 Å². The second-order valence-corrected chi connectivity index (χ2v) is 9.08. The smallest absolute Gasteiger partial charge is 0.328 e. The van der Waals surface area contributed by atoms with Gasteiger partial charge in [-0.1, -0.05) is 39.8 Å². The van der Waals surface area contributed by atoms with Gasteiger partial charge < -0.3 is 5.11 Å². The van der Waals surface area contributed by atoms with Crippen LogP contribution >= 0.6 is 0 Å². The fourth-order valence-electron chi connectivity index (χ4n) is 4.09. The summed E-state index contributed by atoms with van der Waals surface area (Å²) in [5.41, 5.74) is 8.57. The maximum absolute atomic E-state index is 10.8. The van der Waals surface area contributed by atoms with Crippen molar-refractivity contribution in [3.05, 3.63) is 58.4 Å². The van der Waals surface area contributed by atoms with Gasteiger partial charge in [0.15, 0.2) is 0 Å². The molecule has 3 rings (SSSR count). The Kier molecular flexibility index (Phi) is 4.75. The third-order valence-electron chi connectivity index (χ3n) is 6.01. The molecule has 1 aromatic carbocycles. The molecule has 0 bridgehead atoms. The molecule has 0 saturated carbocycles. The molecule has 0 radical (unpaired) electrons. The van der Waals surface area contributed by atoms with Crippen LogP contribution in [0.25, 0.3) is 17.2 Å². The van der Waals surface area contributed by atoms with E-state index in [4.69, 9.17) is 5.11 Å². The van der Waals surface area contributed by atoms with E-state index in [0.29, 0.717) is 5.69 Å². The zero-order valence-electron chi connectivity index (χ0n) is 17.2. The highest BCUT2D eigenvalue weighted by atomic mass is 16.4. The monoisotopic (exact) mass is 363 g/mol. The number of hydrogen-bond acceptors (Lipinski definition) is 2. The van der Waals surface area contributed by atoms with E-state index in [1.807, 2.05) is 12.3 Å². The number of carboxylic acids is 1. The van der Waals surface area contributed by atoms with Gasteiger partial charge in [-0.25, -0.2) is 4.79 Å². The summed E-state index contributed by atoms with van der Waals surface area (Å²) in [5, 5.41) is 8.88. The SMILES string of the molecule is Cc1cnc(/C=C/C(=O)O)cc1-c1cc2c(cc1C)C(C)(C)CCC2(C)C. The van der Waals surface area contributed by atoms with Gasteiger partial charge in [0, 0.05) is 12.3 Å². The van der Waals surface area contributed by atoms with Crippen LogP contribution < -0.4 is 0 Å². The quantitative estimate of drug-likeness (QED) is 0.700.